The average Bonchev–Trinajstić information content (AvgIpc) is 2.90. The van der Waals surface area contributed by atoms with Gasteiger partial charge in [0.05, 0.1) is 13.5 Å². The Balaban J connectivity index is 1.93. The van der Waals surface area contributed by atoms with Crippen molar-refractivity contribution in [2.45, 2.75) is 32.9 Å². The Morgan fingerprint density at radius 1 is 1.35 bits per heavy atom. The van der Waals surface area contributed by atoms with E-state index < -0.39 is 0 Å². The van der Waals surface area contributed by atoms with Crippen LogP contribution in [0.1, 0.15) is 25.8 Å². The summed E-state index contributed by atoms with van der Waals surface area (Å²) in [6.45, 7) is 5.13. The molecule has 1 aliphatic heterocycles. The summed E-state index contributed by atoms with van der Waals surface area (Å²) in [5, 5.41) is 3.39. The molecule has 1 aromatic carbocycles. The minimum absolute atomic E-state index is 0.0906. The highest BCUT2D eigenvalue weighted by Crippen LogP contribution is 2.32. The van der Waals surface area contributed by atoms with Crippen LogP contribution in [0.5, 0.6) is 11.5 Å². The number of hydrogen-bond donors (Lipinski definition) is 1. The average molecular weight is 279 g/mol. The van der Waals surface area contributed by atoms with Crippen molar-refractivity contribution in [3.8, 4) is 11.5 Å². The molecule has 0 saturated heterocycles. The molecule has 1 atom stereocenters. The SMILES string of the molecule is COC(=O)CC(NCc1ccc2c(c1)OCO2)C(C)C. The van der Waals surface area contributed by atoms with Crippen LogP contribution in [0.15, 0.2) is 18.2 Å². The van der Waals surface area contributed by atoms with Gasteiger partial charge in [-0.2, -0.15) is 0 Å². The Hall–Kier alpha value is -1.75. The van der Waals surface area contributed by atoms with Gasteiger partial charge in [0.2, 0.25) is 6.79 Å². The molecule has 0 bridgehead atoms. The highest BCUT2D eigenvalue weighted by molar-refractivity contribution is 5.69. The number of ether oxygens (including phenoxy) is 3. The second-order valence-electron chi connectivity index (χ2n) is 5.20. The molecule has 20 heavy (non-hydrogen) atoms. The van der Waals surface area contributed by atoms with E-state index in [1.54, 1.807) is 0 Å². The molecular formula is C15H21NO4. The lowest BCUT2D eigenvalue weighted by atomic mass is 10.0. The lowest BCUT2D eigenvalue weighted by Gasteiger charge is -2.21. The van der Waals surface area contributed by atoms with E-state index >= 15 is 0 Å². The highest BCUT2D eigenvalue weighted by Gasteiger charge is 2.18. The van der Waals surface area contributed by atoms with E-state index in [-0.39, 0.29) is 18.8 Å². The summed E-state index contributed by atoms with van der Waals surface area (Å²) in [5.41, 5.74) is 1.10. The van der Waals surface area contributed by atoms with Crippen molar-refractivity contribution < 1.29 is 19.0 Å². The van der Waals surface area contributed by atoms with Crippen LogP contribution in [0.25, 0.3) is 0 Å². The number of hydrogen-bond acceptors (Lipinski definition) is 5. The number of methoxy groups -OCH3 is 1. The minimum atomic E-state index is -0.193. The number of carbonyl (C=O) groups is 1. The summed E-state index contributed by atoms with van der Waals surface area (Å²) in [6, 6.07) is 5.96. The molecule has 5 nitrogen and oxygen atoms in total. The Morgan fingerprint density at radius 2 is 2.10 bits per heavy atom. The topological polar surface area (TPSA) is 56.8 Å². The summed E-state index contributed by atoms with van der Waals surface area (Å²) in [5.74, 6) is 1.71. The minimum Gasteiger partial charge on any atom is -0.469 e. The summed E-state index contributed by atoms with van der Waals surface area (Å²) < 4.78 is 15.4. The second-order valence-corrected chi connectivity index (χ2v) is 5.20. The van der Waals surface area contributed by atoms with Crippen LogP contribution in [0.4, 0.5) is 0 Å². The third-order valence-corrected chi connectivity index (χ3v) is 3.42. The summed E-state index contributed by atoms with van der Waals surface area (Å²) in [6.07, 6.45) is 0.374. The zero-order valence-electron chi connectivity index (χ0n) is 12.1. The number of rotatable bonds is 6. The molecule has 1 N–H and O–H groups in total. The van der Waals surface area contributed by atoms with Gasteiger partial charge in [-0.15, -0.1) is 0 Å². The number of nitrogens with one attached hydrogen (secondary N) is 1. The monoisotopic (exact) mass is 279 g/mol. The highest BCUT2D eigenvalue weighted by atomic mass is 16.7. The van der Waals surface area contributed by atoms with Crippen molar-refractivity contribution in [1.82, 2.24) is 5.32 Å². The Morgan fingerprint density at radius 3 is 2.80 bits per heavy atom. The maximum Gasteiger partial charge on any atom is 0.307 e. The van der Waals surface area contributed by atoms with E-state index in [9.17, 15) is 4.79 Å². The van der Waals surface area contributed by atoms with Gasteiger partial charge in [0.15, 0.2) is 11.5 Å². The lowest BCUT2D eigenvalue weighted by Crippen LogP contribution is -2.35. The Kier molecular flexibility index (Phi) is 4.84. The lowest BCUT2D eigenvalue weighted by molar-refractivity contribution is -0.141. The van der Waals surface area contributed by atoms with Crippen molar-refractivity contribution in [2.75, 3.05) is 13.9 Å². The van der Waals surface area contributed by atoms with Crippen molar-refractivity contribution >= 4 is 5.97 Å². The fourth-order valence-corrected chi connectivity index (χ4v) is 2.11. The molecule has 0 amide bonds. The molecule has 1 unspecified atom stereocenters. The maximum absolute atomic E-state index is 11.4. The number of carbonyl (C=O) groups excluding carboxylic acids is 1. The van der Waals surface area contributed by atoms with Gasteiger partial charge >= 0.3 is 5.97 Å². The van der Waals surface area contributed by atoms with E-state index in [4.69, 9.17) is 14.2 Å². The largest absolute Gasteiger partial charge is 0.469 e. The zero-order valence-corrected chi connectivity index (χ0v) is 12.1. The molecule has 0 fully saturated rings. The second kappa shape index (κ2) is 6.61. The van der Waals surface area contributed by atoms with Gasteiger partial charge < -0.3 is 19.5 Å². The van der Waals surface area contributed by atoms with Gasteiger partial charge in [0.1, 0.15) is 0 Å². The molecular weight excluding hydrogens is 258 g/mol. The van der Waals surface area contributed by atoms with Crippen LogP contribution in [-0.4, -0.2) is 25.9 Å². The van der Waals surface area contributed by atoms with Gasteiger partial charge in [0.25, 0.3) is 0 Å². The molecule has 5 heteroatoms. The Bertz CT molecular complexity index is 473. The van der Waals surface area contributed by atoms with Crippen molar-refractivity contribution in [3.05, 3.63) is 23.8 Å². The standard InChI is InChI=1S/C15H21NO4/c1-10(2)12(7-15(17)18-3)16-8-11-4-5-13-14(6-11)20-9-19-13/h4-6,10,12,16H,7-9H2,1-3H3. The van der Waals surface area contributed by atoms with Crippen LogP contribution in [-0.2, 0) is 16.1 Å². The maximum atomic E-state index is 11.4. The zero-order chi connectivity index (χ0) is 14.5. The number of fused-ring (bicyclic) bond motifs is 1. The van der Waals surface area contributed by atoms with Gasteiger partial charge in [-0.1, -0.05) is 19.9 Å². The molecule has 110 valence electrons. The van der Waals surface area contributed by atoms with Crippen LogP contribution in [0.3, 0.4) is 0 Å². The van der Waals surface area contributed by atoms with E-state index in [0.29, 0.717) is 18.9 Å². The van der Waals surface area contributed by atoms with Crippen LogP contribution in [0, 0.1) is 5.92 Å². The van der Waals surface area contributed by atoms with Gasteiger partial charge in [-0.3, -0.25) is 4.79 Å². The fourth-order valence-electron chi connectivity index (χ4n) is 2.11. The quantitative estimate of drug-likeness (QED) is 0.808. The predicted octanol–water partition coefficient (Wildman–Crippen LogP) is 2.09. The smallest absolute Gasteiger partial charge is 0.307 e. The predicted molar refractivity (Wildman–Crippen MR) is 74.7 cm³/mol. The van der Waals surface area contributed by atoms with Crippen molar-refractivity contribution in [3.63, 3.8) is 0 Å². The number of benzene rings is 1. The third-order valence-electron chi connectivity index (χ3n) is 3.42. The van der Waals surface area contributed by atoms with E-state index in [2.05, 4.69) is 19.2 Å². The van der Waals surface area contributed by atoms with Crippen molar-refractivity contribution in [2.24, 2.45) is 5.92 Å². The first kappa shape index (κ1) is 14.7. The van der Waals surface area contributed by atoms with Crippen LogP contribution >= 0.6 is 0 Å². The molecule has 2 rings (SSSR count). The summed E-state index contributed by atoms with van der Waals surface area (Å²) in [4.78, 5) is 11.4. The molecule has 0 spiro atoms. The normalized spacial score (nSPS) is 14.4. The molecule has 0 saturated carbocycles. The fraction of sp³-hybridized carbons (Fsp3) is 0.533. The molecule has 1 aliphatic rings. The van der Waals surface area contributed by atoms with Gasteiger partial charge in [-0.05, 0) is 23.6 Å². The molecule has 1 aromatic rings. The van der Waals surface area contributed by atoms with E-state index in [1.165, 1.54) is 7.11 Å². The molecule has 0 radical (unpaired) electrons. The molecule has 1 heterocycles. The summed E-state index contributed by atoms with van der Waals surface area (Å²) >= 11 is 0. The molecule has 0 aromatic heterocycles. The van der Waals surface area contributed by atoms with E-state index in [0.717, 1.165) is 17.1 Å². The first-order chi connectivity index (χ1) is 9.60. The summed E-state index contributed by atoms with van der Waals surface area (Å²) in [7, 11) is 1.41. The first-order valence-corrected chi connectivity index (χ1v) is 6.79. The number of esters is 1. The van der Waals surface area contributed by atoms with Crippen LogP contribution < -0.4 is 14.8 Å². The van der Waals surface area contributed by atoms with Gasteiger partial charge in [-0.25, -0.2) is 0 Å². The first-order valence-electron chi connectivity index (χ1n) is 6.79. The van der Waals surface area contributed by atoms with Crippen molar-refractivity contribution in [1.29, 1.82) is 0 Å². The Labute approximate surface area is 119 Å². The van der Waals surface area contributed by atoms with E-state index in [1.807, 2.05) is 18.2 Å². The van der Waals surface area contributed by atoms with Crippen LogP contribution in [0.2, 0.25) is 0 Å². The van der Waals surface area contributed by atoms with Gasteiger partial charge in [0, 0.05) is 12.6 Å². The third kappa shape index (κ3) is 3.63. The molecule has 0 aliphatic carbocycles.